The Bertz CT molecular complexity index is 631. The van der Waals surface area contributed by atoms with Gasteiger partial charge in [-0.05, 0) is 12.1 Å². The van der Waals surface area contributed by atoms with Crippen molar-refractivity contribution in [3.05, 3.63) is 34.6 Å². The quantitative estimate of drug-likeness (QED) is 0.767. The van der Waals surface area contributed by atoms with Gasteiger partial charge in [0.15, 0.2) is 0 Å². The summed E-state index contributed by atoms with van der Waals surface area (Å²) < 4.78 is 13.8. The third kappa shape index (κ3) is 5.29. The number of halogens is 3. The number of benzene rings is 1. The van der Waals surface area contributed by atoms with Crippen LogP contribution in [0.4, 0.5) is 4.39 Å². The van der Waals surface area contributed by atoms with Crippen molar-refractivity contribution in [1.29, 1.82) is 0 Å². The molecule has 3 amide bonds. The molecule has 1 aliphatic rings. The van der Waals surface area contributed by atoms with Crippen LogP contribution in [0.25, 0.3) is 0 Å². The van der Waals surface area contributed by atoms with Gasteiger partial charge in [-0.1, -0.05) is 17.7 Å². The molecule has 7 nitrogen and oxygen atoms in total. The Morgan fingerprint density at radius 1 is 1.16 bits per heavy atom. The maximum Gasteiger partial charge on any atom is 0.258 e. The number of carbonyl (C=O) groups excluding carboxylic acids is 3. The summed E-state index contributed by atoms with van der Waals surface area (Å²) in [7, 11) is 0. The molecular formula is C15H19Cl2FN4O3. The van der Waals surface area contributed by atoms with Crippen molar-refractivity contribution in [3.8, 4) is 0 Å². The first-order valence-electron chi connectivity index (χ1n) is 7.42. The molecule has 0 aromatic heterocycles. The minimum absolute atomic E-state index is 0. The molecule has 0 saturated carbocycles. The van der Waals surface area contributed by atoms with Crippen LogP contribution >= 0.6 is 24.0 Å². The summed E-state index contributed by atoms with van der Waals surface area (Å²) in [5.74, 6) is -1.84. The minimum atomic E-state index is -0.671. The lowest BCUT2D eigenvalue weighted by Gasteiger charge is -2.35. The van der Waals surface area contributed by atoms with Crippen LogP contribution in [0.1, 0.15) is 10.4 Å². The molecule has 1 aromatic carbocycles. The number of nitrogens with one attached hydrogen (secondary N) is 1. The fourth-order valence-electron chi connectivity index (χ4n) is 2.38. The summed E-state index contributed by atoms with van der Waals surface area (Å²) in [4.78, 5) is 38.4. The topological polar surface area (TPSA) is 95.7 Å². The molecule has 1 aromatic rings. The Balaban J connectivity index is 0.00000312. The molecule has 0 aliphatic carbocycles. The monoisotopic (exact) mass is 392 g/mol. The zero-order chi connectivity index (χ0) is 17.7. The Morgan fingerprint density at radius 2 is 1.76 bits per heavy atom. The van der Waals surface area contributed by atoms with Gasteiger partial charge in [0.1, 0.15) is 5.82 Å². The molecule has 0 radical (unpaired) electrons. The Hall–Kier alpha value is -1.90. The normalized spacial score (nSPS) is 13.9. The largest absolute Gasteiger partial charge is 0.346 e. The van der Waals surface area contributed by atoms with Gasteiger partial charge in [0.25, 0.3) is 5.91 Å². The molecule has 3 N–H and O–H groups in total. The van der Waals surface area contributed by atoms with Crippen molar-refractivity contribution in [2.24, 2.45) is 5.73 Å². The Morgan fingerprint density at radius 3 is 2.32 bits per heavy atom. The van der Waals surface area contributed by atoms with Gasteiger partial charge in [0.05, 0.1) is 23.7 Å². The van der Waals surface area contributed by atoms with Gasteiger partial charge >= 0.3 is 0 Å². The maximum atomic E-state index is 13.8. The summed E-state index contributed by atoms with van der Waals surface area (Å²) in [5.41, 5.74) is 4.99. The number of amides is 3. The molecular weight excluding hydrogens is 374 g/mol. The highest BCUT2D eigenvalue weighted by Gasteiger charge is 2.27. The van der Waals surface area contributed by atoms with Crippen LogP contribution in [0, 0.1) is 5.82 Å². The lowest BCUT2D eigenvalue weighted by atomic mass is 10.1. The fourth-order valence-corrected chi connectivity index (χ4v) is 2.62. The summed E-state index contributed by atoms with van der Waals surface area (Å²) in [6, 6.07) is 4.07. The van der Waals surface area contributed by atoms with E-state index in [4.69, 9.17) is 17.3 Å². The number of carbonyl (C=O) groups is 3. The third-order valence-corrected chi connectivity index (χ3v) is 4.03. The summed E-state index contributed by atoms with van der Waals surface area (Å²) in [6.07, 6.45) is 0. The van der Waals surface area contributed by atoms with Crippen molar-refractivity contribution in [3.63, 3.8) is 0 Å². The molecule has 1 aliphatic heterocycles. The molecule has 0 atom stereocenters. The fraction of sp³-hybridized carbons (Fsp3) is 0.400. The van der Waals surface area contributed by atoms with Crippen molar-refractivity contribution < 1.29 is 18.8 Å². The van der Waals surface area contributed by atoms with E-state index in [2.05, 4.69) is 5.32 Å². The molecule has 1 heterocycles. The zero-order valence-electron chi connectivity index (χ0n) is 13.3. The van der Waals surface area contributed by atoms with Crippen molar-refractivity contribution in [2.75, 3.05) is 39.3 Å². The van der Waals surface area contributed by atoms with E-state index in [9.17, 15) is 18.8 Å². The van der Waals surface area contributed by atoms with Crippen LogP contribution in [0.5, 0.6) is 0 Å². The van der Waals surface area contributed by atoms with E-state index >= 15 is 0 Å². The average Bonchev–Trinajstić information content (AvgIpc) is 2.59. The molecule has 138 valence electrons. The van der Waals surface area contributed by atoms with Crippen LogP contribution in [-0.4, -0.2) is 66.8 Å². The smallest absolute Gasteiger partial charge is 0.258 e. The van der Waals surface area contributed by atoms with E-state index < -0.39 is 17.6 Å². The van der Waals surface area contributed by atoms with E-state index in [1.165, 1.54) is 28.0 Å². The molecule has 0 bridgehead atoms. The molecule has 25 heavy (non-hydrogen) atoms. The van der Waals surface area contributed by atoms with Crippen LogP contribution in [0.15, 0.2) is 18.2 Å². The lowest BCUT2D eigenvalue weighted by Crippen LogP contribution is -2.53. The number of rotatable bonds is 4. The molecule has 10 heteroatoms. The highest BCUT2D eigenvalue weighted by molar-refractivity contribution is 6.33. The average molecular weight is 393 g/mol. The molecule has 2 rings (SSSR count). The van der Waals surface area contributed by atoms with E-state index in [1.54, 1.807) is 0 Å². The molecule has 0 unspecified atom stereocenters. The second kappa shape index (κ2) is 9.55. The van der Waals surface area contributed by atoms with Crippen LogP contribution in [0.2, 0.25) is 5.02 Å². The highest BCUT2D eigenvalue weighted by Crippen LogP contribution is 2.21. The zero-order valence-corrected chi connectivity index (χ0v) is 14.9. The first kappa shape index (κ1) is 21.1. The standard InChI is InChI=1S/C15H18ClFN4O3.ClH/c16-10-2-1-3-11(17)14(10)15(24)21-6-4-20(5-7-21)13(23)9-19-12(22)8-18;/h1-3H,4-9,18H2,(H,19,22);1H. The Labute approximate surface area is 155 Å². The van der Waals surface area contributed by atoms with Crippen molar-refractivity contribution in [1.82, 2.24) is 15.1 Å². The van der Waals surface area contributed by atoms with Gasteiger partial charge in [0, 0.05) is 26.2 Å². The maximum absolute atomic E-state index is 13.8. The van der Waals surface area contributed by atoms with E-state index in [0.29, 0.717) is 13.1 Å². The lowest BCUT2D eigenvalue weighted by molar-refractivity contribution is -0.133. The molecule has 1 fully saturated rings. The number of hydrogen-bond donors (Lipinski definition) is 2. The number of hydrogen-bond acceptors (Lipinski definition) is 4. The summed E-state index contributed by atoms with van der Waals surface area (Å²) in [6.45, 7) is 0.812. The van der Waals surface area contributed by atoms with Gasteiger partial charge in [0.2, 0.25) is 11.8 Å². The second-order valence-electron chi connectivity index (χ2n) is 5.25. The van der Waals surface area contributed by atoms with Gasteiger partial charge in [-0.15, -0.1) is 12.4 Å². The van der Waals surface area contributed by atoms with Gasteiger partial charge in [-0.25, -0.2) is 4.39 Å². The second-order valence-corrected chi connectivity index (χ2v) is 5.66. The Kier molecular flexibility index (Phi) is 8.08. The van der Waals surface area contributed by atoms with Gasteiger partial charge < -0.3 is 20.9 Å². The van der Waals surface area contributed by atoms with Crippen molar-refractivity contribution >= 4 is 41.7 Å². The first-order valence-corrected chi connectivity index (χ1v) is 7.79. The van der Waals surface area contributed by atoms with Crippen LogP contribution in [-0.2, 0) is 9.59 Å². The molecule has 0 spiro atoms. The predicted molar refractivity (Wildman–Crippen MR) is 93.2 cm³/mol. The molecule has 1 saturated heterocycles. The van der Waals surface area contributed by atoms with Gasteiger partial charge in [-0.2, -0.15) is 0 Å². The minimum Gasteiger partial charge on any atom is -0.346 e. The number of nitrogens with zero attached hydrogens (tertiary/aromatic N) is 2. The third-order valence-electron chi connectivity index (χ3n) is 3.72. The van der Waals surface area contributed by atoms with Gasteiger partial charge in [-0.3, -0.25) is 14.4 Å². The van der Waals surface area contributed by atoms with E-state index in [-0.39, 0.29) is 55.1 Å². The summed E-state index contributed by atoms with van der Waals surface area (Å²) >= 11 is 5.90. The number of piperazine rings is 1. The first-order chi connectivity index (χ1) is 11.4. The number of nitrogens with two attached hydrogens (primary N) is 1. The van der Waals surface area contributed by atoms with E-state index in [1.807, 2.05) is 0 Å². The van der Waals surface area contributed by atoms with Crippen LogP contribution in [0.3, 0.4) is 0 Å². The summed E-state index contributed by atoms with van der Waals surface area (Å²) in [5, 5.41) is 2.46. The van der Waals surface area contributed by atoms with Crippen LogP contribution < -0.4 is 11.1 Å². The predicted octanol–water partition coefficient (Wildman–Crippen LogP) is 0.260. The van der Waals surface area contributed by atoms with E-state index in [0.717, 1.165) is 0 Å². The van der Waals surface area contributed by atoms with Crippen molar-refractivity contribution in [2.45, 2.75) is 0 Å². The highest BCUT2D eigenvalue weighted by atomic mass is 35.5. The SMILES string of the molecule is Cl.NCC(=O)NCC(=O)N1CCN(C(=O)c2c(F)cccc2Cl)CC1.